The van der Waals surface area contributed by atoms with Gasteiger partial charge in [0.1, 0.15) is 0 Å². The molecule has 5 heteroatoms. The first-order valence-corrected chi connectivity index (χ1v) is 6.61. The molecule has 0 heterocycles. The fourth-order valence-electron chi connectivity index (χ4n) is 2.00. The van der Waals surface area contributed by atoms with Crippen molar-refractivity contribution >= 4 is 24.0 Å². The standard InChI is InChI=1S/C15H24N2O2.ClH/c1-10(2)13-7-5-6-11(3)15(13)17-14(18)8-12(9-16)19-4;/h5-7,10,12H,8-9,16H2,1-4H3,(H,17,18);1H. The van der Waals surface area contributed by atoms with Crippen molar-refractivity contribution in [2.75, 3.05) is 19.0 Å². The minimum atomic E-state index is -0.230. The van der Waals surface area contributed by atoms with Gasteiger partial charge in [-0.2, -0.15) is 0 Å². The Hall–Kier alpha value is -1.10. The van der Waals surface area contributed by atoms with E-state index in [-0.39, 0.29) is 30.8 Å². The Balaban J connectivity index is 0.00000361. The van der Waals surface area contributed by atoms with Crippen LogP contribution in [0.25, 0.3) is 0 Å². The van der Waals surface area contributed by atoms with Crippen LogP contribution < -0.4 is 11.1 Å². The third kappa shape index (κ3) is 5.12. The number of carbonyl (C=O) groups is 1. The lowest BCUT2D eigenvalue weighted by molar-refractivity contribution is -0.118. The van der Waals surface area contributed by atoms with Gasteiger partial charge in [-0.15, -0.1) is 12.4 Å². The smallest absolute Gasteiger partial charge is 0.227 e. The number of carbonyl (C=O) groups excluding carboxylic acids is 1. The fraction of sp³-hybridized carbons (Fsp3) is 0.533. The molecule has 3 N–H and O–H groups in total. The van der Waals surface area contributed by atoms with Crippen molar-refractivity contribution < 1.29 is 9.53 Å². The maximum absolute atomic E-state index is 12.0. The molecule has 0 aliphatic heterocycles. The fourth-order valence-corrected chi connectivity index (χ4v) is 2.00. The molecule has 20 heavy (non-hydrogen) atoms. The summed E-state index contributed by atoms with van der Waals surface area (Å²) in [6, 6.07) is 6.06. The van der Waals surface area contributed by atoms with Crippen LogP contribution in [0.3, 0.4) is 0 Å². The summed E-state index contributed by atoms with van der Waals surface area (Å²) < 4.78 is 5.13. The Morgan fingerprint density at radius 1 is 1.40 bits per heavy atom. The molecule has 0 aromatic heterocycles. The lowest BCUT2D eigenvalue weighted by atomic mass is 9.98. The number of aryl methyl sites for hydroxylation is 1. The predicted octanol–water partition coefficient (Wildman–Crippen LogP) is 2.84. The Kier molecular flexibility index (Phi) is 8.46. The first-order chi connectivity index (χ1) is 8.99. The van der Waals surface area contributed by atoms with Crippen LogP contribution in [-0.2, 0) is 9.53 Å². The van der Waals surface area contributed by atoms with Gasteiger partial charge in [-0.1, -0.05) is 32.0 Å². The van der Waals surface area contributed by atoms with E-state index in [4.69, 9.17) is 10.5 Å². The predicted molar refractivity (Wildman–Crippen MR) is 85.6 cm³/mol. The number of ether oxygens (including phenoxy) is 1. The molecule has 0 bridgehead atoms. The van der Waals surface area contributed by atoms with E-state index in [1.807, 2.05) is 25.1 Å². The van der Waals surface area contributed by atoms with E-state index in [1.165, 1.54) is 0 Å². The molecular weight excluding hydrogens is 276 g/mol. The van der Waals surface area contributed by atoms with Crippen molar-refractivity contribution in [3.63, 3.8) is 0 Å². The maximum atomic E-state index is 12.0. The summed E-state index contributed by atoms with van der Waals surface area (Å²) in [5.41, 5.74) is 8.66. The average molecular weight is 301 g/mol. The molecule has 0 saturated carbocycles. The number of nitrogens with two attached hydrogens (primary N) is 1. The molecule has 0 aliphatic carbocycles. The first-order valence-electron chi connectivity index (χ1n) is 6.61. The summed E-state index contributed by atoms with van der Waals surface area (Å²) in [5.74, 6) is 0.302. The number of hydrogen-bond acceptors (Lipinski definition) is 3. The topological polar surface area (TPSA) is 64.3 Å². The van der Waals surface area contributed by atoms with Crippen LogP contribution in [-0.4, -0.2) is 25.7 Å². The van der Waals surface area contributed by atoms with E-state index in [0.29, 0.717) is 12.5 Å². The number of para-hydroxylation sites is 1. The number of rotatable bonds is 6. The SMILES string of the molecule is COC(CN)CC(=O)Nc1c(C)cccc1C(C)C.Cl. The highest BCUT2D eigenvalue weighted by molar-refractivity contribution is 5.92. The monoisotopic (exact) mass is 300 g/mol. The van der Waals surface area contributed by atoms with E-state index in [0.717, 1.165) is 16.8 Å². The Bertz CT molecular complexity index is 432. The molecule has 1 unspecified atom stereocenters. The second-order valence-corrected chi connectivity index (χ2v) is 5.04. The normalized spacial score (nSPS) is 11.9. The van der Waals surface area contributed by atoms with Crippen molar-refractivity contribution in [2.24, 2.45) is 5.73 Å². The lowest BCUT2D eigenvalue weighted by Gasteiger charge is -2.18. The summed E-state index contributed by atoms with van der Waals surface area (Å²) in [4.78, 5) is 12.0. The molecule has 0 spiro atoms. The minimum absolute atomic E-state index is 0. The zero-order chi connectivity index (χ0) is 14.4. The number of hydrogen-bond donors (Lipinski definition) is 2. The number of methoxy groups -OCH3 is 1. The van der Waals surface area contributed by atoms with Crippen molar-refractivity contribution in [3.8, 4) is 0 Å². The summed E-state index contributed by atoms with van der Waals surface area (Å²) >= 11 is 0. The number of amides is 1. The minimum Gasteiger partial charge on any atom is -0.380 e. The quantitative estimate of drug-likeness (QED) is 0.849. The van der Waals surface area contributed by atoms with Crippen molar-refractivity contribution in [1.82, 2.24) is 0 Å². The van der Waals surface area contributed by atoms with Gasteiger partial charge in [-0.3, -0.25) is 4.79 Å². The zero-order valence-corrected chi connectivity index (χ0v) is 13.4. The average Bonchev–Trinajstić information content (AvgIpc) is 2.38. The third-order valence-corrected chi connectivity index (χ3v) is 3.20. The van der Waals surface area contributed by atoms with Crippen LogP contribution in [0.15, 0.2) is 18.2 Å². The van der Waals surface area contributed by atoms with Gasteiger partial charge in [0.25, 0.3) is 0 Å². The van der Waals surface area contributed by atoms with Crippen molar-refractivity contribution in [2.45, 2.75) is 39.2 Å². The Morgan fingerprint density at radius 3 is 2.55 bits per heavy atom. The second kappa shape index (κ2) is 8.95. The maximum Gasteiger partial charge on any atom is 0.227 e. The van der Waals surface area contributed by atoms with Gasteiger partial charge >= 0.3 is 0 Å². The molecule has 0 saturated heterocycles. The second-order valence-electron chi connectivity index (χ2n) is 5.04. The van der Waals surface area contributed by atoms with E-state index < -0.39 is 0 Å². The van der Waals surface area contributed by atoms with Crippen LogP contribution in [0.5, 0.6) is 0 Å². The number of halogens is 1. The lowest BCUT2D eigenvalue weighted by Crippen LogP contribution is -2.28. The van der Waals surface area contributed by atoms with Crippen LogP contribution >= 0.6 is 12.4 Å². The third-order valence-electron chi connectivity index (χ3n) is 3.20. The molecule has 1 aromatic carbocycles. The molecule has 0 fully saturated rings. The van der Waals surface area contributed by atoms with Gasteiger partial charge in [-0.05, 0) is 24.0 Å². The summed E-state index contributed by atoms with van der Waals surface area (Å²) in [5, 5.41) is 2.98. The summed E-state index contributed by atoms with van der Waals surface area (Å²) in [6.07, 6.45) is 0.0466. The van der Waals surface area contributed by atoms with Gasteiger partial charge in [0, 0.05) is 19.3 Å². The van der Waals surface area contributed by atoms with E-state index in [1.54, 1.807) is 7.11 Å². The number of anilines is 1. The van der Waals surface area contributed by atoms with Crippen LogP contribution in [0.1, 0.15) is 37.3 Å². The van der Waals surface area contributed by atoms with Gasteiger partial charge < -0.3 is 15.8 Å². The summed E-state index contributed by atoms with van der Waals surface area (Å²) in [7, 11) is 1.57. The molecule has 0 aliphatic rings. The van der Waals surface area contributed by atoms with E-state index in [9.17, 15) is 4.79 Å². The highest BCUT2D eigenvalue weighted by Gasteiger charge is 2.15. The zero-order valence-electron chi connectivity index (χ0n) is 12.6. The molecule has 114 valence electrons. The molecule has 4 nitrogen and oxygen atoms in total. The summed E-state index contributed by atoms with van der Waals surface area (Å²) in [6.45, 7) is 6.57. The molecule has 1 rings (SSSR count). The highest BCUT2D eigenvalue weighted by atomic mass is 35.5. The van der Waals surface area contributed by atoms with Crippen molar-refractivity contribution in [1.29, 1.82) is 0 Å². The van der Waals surface area contributed by atoms with E-state index in [2.05, 4.69) is 19.2 Å². The van der Waals surface area contributed by atoms with Crippen LogP contribution in [0.2, 0.25) is 0 Å². The number of nitrogens with one attached hydrogen (secondary N) is 1. The first kappa shape index (κ1) is 18.9. The van der Waals surface area contributed by atoms with Crippen molar-refractivity contribution in [3.05, 3.63) is 29.3 Å². The molecule has 1 atom stereocenters. The largest absolute Gasteiger partial charge is 0.380 e. The van der Waals surface area contributed by atoms with Crippen LogP contribution in [0.4, 0.5) is 5.69 Å². The highest BCUT2D eigenvalue weighted by Crippen LogP contribution is 2.27. The molecule has 0 radical (unpaired) electrons. The van der Waals surface area contributed by atoms with Gasteiger partial charge in [-0.25, -0.2) is 0 Å². The Labute approximate surface area is 127 Å². The number of benzene rings is 1. The van der Waals surface area contributed by atoms with Crippen LogP contribution in [0, 0.1) is 6.92 Å². The molecule has 1 amide bonds. The molecule has 1 aromatic rings. The Morgan fingerprint density at radius 2 is 2.05 bits per heavy atom. The van der Waals surface area contributed by atoms with Gasteiger partial charge in [0.05, 0.1) is 12.5 Å². The van der Waals surface area contributed by atoms with Gasteiger partial charge in [0.2, 0.25) is 5.91 Å². The molecular formula is C15H25ClN2O2. The van der Waals surface area contributed by atoms with E-state index >= 15 is 0 Å². The van der Waals surface area contributed by atoms with Gasteiger partial charge in [0.15, 0.2) is 0 Å².